The fourth-order valence-corrected chi connectivity index (χ4v) is 1.78. The van der Waals surface area contributed by atoms with Crippen LogP contribution < -0.4 is 0 Å². The molecule has 2 nitrogen and oxygen atoms in total. The first kappa shape index (κ1) is 9.26. The van der Waals surface area contributed by atoms with Crippen LogP contribution in [0.1, 0.15) is 27.7 Å². The third-order valence-electron chi connectivity index (χ3n) is 1.78. The number of ether oxygens (including phenoxy) is 1. The van der Waals surface area contributed by atoms with Crippen molar-refractivity contribution in [3.63, 3.8) is 0 Å². The van der Waals surface area contributed by atoms with Gasteiger partial charge < -0.3 is 4.74 Å². The van der Waals surface area contributed by atoms with Crippen molar-refractivity contribution in [1.29, 1.82) is 0 Å². The zero-order valence-electron chi connectivity index (χ0n) is 7.51. The topological polar surface area (TPSA) is 26.3 Å². The highest BCUT2D eigenvalue weighted by molar-refractivity contribution is 7.10. The molecule has 1 heterocycles. The summed E-state index contributed by atoms with van der Waals surface area (Å²) in [5, 5.41) is 1.85. The Bertz CT molecular complexity index is 289. The summed E-state index contributed by atoms with van der Waals surface area (Å²) in [6, 6.07) is 0. The van der Waals surface area contributed by atoms with E-state index >= 15 is 0 Å². The van der Waals surface area contributed by atoms with Gasteiger partial charge in [-0.2, -0.15) is 0 Å². The van der Waals surface area contributed by atoms with E-state index in [4.69, 9.17) is 4.74 Å². The predicted molar refractivity (Wildman–Crippen MR) is 49.7 cm³/mol. The van der Waals surface area contributed by atoms with Crippen molar-refractivity contribution in [2.75, 3.05) is 6.61 Å². The van der Waals surface area contributed by atoms with Crippen molar-refractivity contribution < 1.29 is 9.53 Å². The Labute approximate surface area is 76.2 Å². The lowest BCUT2D eigenvalue weighted by Crippen LogP contribution is -2.04. The summed E-state index contributed by atoms with van der Waals surface area (Å²) in [6.45, 7) is 6.19. The molecule has 0 radical (unpaired) electrons. The van der Waals surface area contributed by atoms with Crippen LogP contribution in [0.5, 0.6) is 0 Å². The van der Waals surface area contributed by atoms with Crippen molar-refractivity contribution >= 4 is 17.3 Å². The second-order valence-electron chi connectivity index (χ2n) is 2.55. The van der Waals surface area contributed by atoms with Gasteiger partial charge in [0.25, 0.3) is 0 Å². The Morgan fingerprint density at radius 1 is 1.58 bits per heavy atom. The average Bonchev–Trinajstić information content (AvgIpc) is 2.34. The number of thiophene rings is 1. The Morgan fingerprint density at radius 3 is 2.67 bits per heavy atom. The summed E-state index contributed by atoms with van der Waals surface area (Å²) in [7, 11) is 0. The zero-order valence-corrected chi connectivity index (χ0v) is 8.33. The molecule has 0 amide bonds. The molecule has 3 heteroatoms. The second-order valence-corrected chi connectivity index (χ2v) is 3.63. The molecule has 0 N–H and O–H groups in total. The Balaban J connectivity index is 2.88. The number of carbonyl (C=O) groups excluding carboxylic acids is 1. The summed E-state index contributed by atoms with van der Waals surface area (Å²) >= 11 is 1.58. The molecule has 12 heavy (non-hydrogen) atoms. The molecule has 1 aromatic heterocycles. The number of rotatable bonds is 2. The maximum absolute atomic E-state index is 11.3. The van der Waals surface area contributed by atoms with Crippen molar-refractivity contribution in [2.24, 2.45) is 0 Å². The molecule has 66 valence electrons. The third kappa shape index (κ3) is 1.67. The molecule has 0 aromatic carbocycles. The summed E-state index contributed by atoms with van der Waals surface area (Å²) in [6.07, 6.45) is 0. The van der Waals surface area contributed by atoms with Crippen LogP contribution in [-0.4, -0.2) is 12.6 Å². The molecule has 0 unspecified atom stereocenters. The van der Waals surface area contributed by atoms with Gasteiger partial charge in [0.2, 0.25) is 0 Å². The van der Waals surface area contributed by atoms with Crippen LogP contribution >= 0.6 is 11.3 Å². The molecule has 0 aliphatic carbocycles. The van der Waals surface area contributed by atoms with Crippen LogP contribution in [-0.2, 0) is 4.74 Å². The number of carbonyl (C=O) groups is 1. The second kappa shape index (κ2) is 3.72. The molecule has 0 aliphatic heterocycles. The fraction of sp³-hybridized carbons (Fsp3) is 0.444. The maximum Gasteiger partial charge on any atom is 0.339 e. The van der Waals surface area contributed by atoms with E-state index in [1.165, 1.54) is 4.88 Å². The van der Waals surface area contributed by atoms with Gasteiger partial charge in [0.1, 0.15) is 0 Å². The van der Waals surface area contributed by atoms with Crippen LogP contribution in [0.3, 0.4) is 0 Å². The Kier molecular flexibility index (Phi) is 2.87. The van der Waals surface area contributed by atoms with Gasteiger partial charge in [0, 0.05) is 10.3 Å². The molecule has 0 spiro atoms. The minimum absolute atomic E-state index is 0.209. The summed E-state index contributed by atoms with van der Waals surface area (Å²) < 4.78 is 4.89. The van der Waals surface area contributed by atoms with E-state index in [0.29, 0.717) is 12.2 Å². The lowest BCUT2D eigenvalue weighted by atomic mass is 10.2. The van der Waals surface area contributed by atoms with Gasteiger partial charge in [-0.15, -0.1) is 11.3 Å². The smallest absolute Gasteiger partial charge is 0.339 e. The van der Waals surface area contributed by atoms with E-state index < -0.39 is 0 Å². The minimum Gasteiger partial charge on any atom is -0.462 e. The van der Waals surface area contributed by atoms with E-state index in [1.54, 1.807) is 11.3 Å². The molecule has 0 saturated heterocycles. The highest BCUT2D eigenvalue weighted by atomic mass is 32.1. The standard InChI is InChI=1S/C9H12O2S/c1-4-11-9(10)8-5-12-7(3)6(8)2/h5H,4H2,1-3H3. The summed E-state index contributed by atoms with van der Waals surface area (Å²) in [5.74, 6) is -0.209. The van der Waals surface area contributed by atoms with E-state index in [-0.39, 0.29) is 5.97 Å². The normalized spacial score (nSPS) is 9.92. The van der Waals surface area contributed by atoms with Gasteiger partial charge in [-0.05, 0) is 26.3 Å². The van der Waals surface area contributed by atoms with Gasteiger partial charge in [-0.1, -0.05) is 0 Å². The molecule has 1 rings (SSSR count). The fourth-order valence-electron chi connectivity index (χ4n) is 0.924. The van der Waals surface area contributed by atoms with E-state index in [2.05, 4.69) is 0 Å². The van der Waals surface area contributed by atoms with Gasteiger partial charge in [0.15, 0.2) is 0 Å². The SMILES string of the molecule is CCOC(=O)c1csc(C)c1C. The molecular weight excluding hydrogens is 172 g/mol. The molecule has 0 atom stereocenters. The van der Waals surface area contributed by atoms with Crippen molar-refractivity contribution in [3.05, 3.63) is 21.4 Å². The molecule has 0 fully saturated rings. The lowest BCUT2D eigenvalue weighted by molar-refractivity contribution is 0.0526. The van der Waals surface area contributed by atoms with Gasteiger partial charge in [-0.3, -0.25) is 0 Å². The van der Waals surface area contributed by atoms with Crippen LogP contribution in [0.4, 0.5) is 0 Å². The van der Waals surface area contributed by atoms with E-state index in [9.17, 15) is 4.79 Å². The molecule has 1 aromatic rings. The maximum atomic E-state index is 11.3. The number of hydrogen-bond donors (Lipinski definition) is 0. The zero-order chi connectivity index (χ0) is 9.14. The third-order valence-corrected chi connectivity index (χ3v) is 2.79. The molecule has 0 aliphatic rings. The van der Waals surface area contributed by atoms with E-state index in [0.717, 1.165) is 5.56 Å². The van der Waals surface area contributed by atoms with Crippen molar-refractivity contribution in [1.82, 2.24) is 0 Å². The van der Waals surface area contributed by atoms with E-state index in [1.807, 2.05) is 26.2 Å². The highest BCUT2D eigenvalue weighted by Crippen LogP contribution is 2.20. The number of hydrogen-bond acceptors (Lipinski definition) is 3. The minimum atomic E-state index is -0.209. The average molecular weight is 184 g/mol. The van der Waals surface area contributed by atoms with Gasteiger partial charge >= 0.3 is 5.97 Å². The largest absolute Gasteiger partial charge is 0.462 e. The van der Waals surface area contributed by atoms with Gasteiger partial charge in [0.05, 0.1) is 12.2 Å². The molecular formula is C9H12O2S. The van der Waals surface area contributed by atoms with Crippen molar-refractivity contribution in [2.45, 2.75) is 20.8 Å². The Morgan fingerprint density at radius 2 is 2.25 bits per heavy atom. The van der Waals surface area contributed by atoms with Crippen LogP contribution in [0, 0.1) is 13.8 Å². The first-order valence-corrected chi connectivity index (χ1v) is 4.76. The quantitative estimate of drug-likeness (QED) is 0.660. The van der Waals surface area contributed by atoms with Crippen LogP contribution in [0.2, 0.25) is 0 Å². The molecule has 0 saturated carbocycles. The monoisotopic (exact) mass is 184 g/mol. The lowest BCUT2D eigenvalue weighted by Gasteiger charge is -1.99. The van der Waals surface area contributed by atoms with Gasteiger partial charge in [-0.25, -0.2) is 4.79 Å². The summed E-state index contributed by atoms with van der Waals surface area (Å²) in [4.78, 5) is 12.4. The number of esters is 1. The highest BCUT2D eigenvalue weighted by Gasteiger charge is 2.12. The number of aryl methyl sites for hydroxylation is 1. The van der Waals surface area contributed by atoms with Crippen molar-refractivity contribution in [3.8, 4) is 0 Å². The predicted octanol–water partition coefficient (Wildman–Crippen LogP) is 2.54. The van der Waals surface area contributed by atoms with Crippen LogP contribution in [0.15, 0.2) is 5.38 Å². The van der Waals surface area contributed by atoms with Crippen LogP contribution in [0.25, 0.3) is 0 Å². The first-order chi connectivity index (χ1) is 5.66. The first-order valence-electron chi connectivity index (χ1n) is 3.88. The Hall–Kier alpha value is -0.830. The molecule has 0 bridgehead atoms. The summed E-state index contributed by atoms with van der Waals surface area (Å²) in [5.41, 5.74) is 1.75.